The number of allylic oxidation sites excluding steroid dienone is 1. The summed E-state index contributed by atoms with van der Waals surface area (Å²) in [7, 11) is 5.73. The summed E-state index contributed by atoms with van der Waals surface area (Å²) < 4.78 is 5.03. The van der Waals surface area contributed by atoms with Gasteiger partial charge in [-0.3, -0.25) is 0 Å². The Kier molecular flexibility index (Phi) is 4.14. The number of hydrogen-bond acceptors (Lipinski definition) is 2. The number of methoxy groups -OCH3 is 1. The van der Waals surface area contributed by atoms with E-state index in [1.165, 1.54) is 0 Å². The zero-order chi connectivity index (χ0) is 7.28. The van der Waals surface area contributed by atoms with Gasteiger partial charge in [-0.2, -0.15) is 0 Å². The lowest BCUT2D eigenvalue weighted by atomic mass is 10.4. The molecule has 0 aromatic rings. The normalized spacial score (nSPS) is 12.3. The van der Waals surface area contributed by atoms with Crippen molar-refractivity contribution in [3.63, 3.8) is 0 Å². The third-order valence-corrected chi connectivity index (χ3v) is 1.06. The molecule has 0 aliphatic rings. The summed E-state index contributed by atoms with van der Waals surface area (Å²) in [5.74, 6) is 1.01. The Labute approximate surface area is 57.1 Å². The lowest BCUT2D eigenvalue weighted by Crippen LogP contribution is -2.15. The summed E-state index contributed by atoms with van der Waals surface area (Å²) >= 11 is 0. The quantitative estimate of drug-likeness (QED) is 0.529. The fraction of sp³-hybridized carbons (Fsp3) is 0.714. The second-order valence-electron chi connectivity index (χ2n) is 2.20. The van der Waals surface area contributed by atoms with E-state index in [9.17, 15) is 0 Å². The highest BCUT2D eigenvalue weighted by molar-refractivity contribution is 4.91. The maximum Gasteiger partial charge on any atom is 0.105 e. The van der Waals surface area contributed by atoms with E-state index in [4.69, 9.17) is 4.74 Å². The number of rotatable bonds is 3. The fourth-order valence-electron chi connectivity index (χ4n) is 0.585. The molecule has 0 N–H and O–H groups in total. The minimum Gasteiger partial charge on any atom is -0.500 e. The van der Waals surface area contributed by atoms with Gasteiger partial charge in [-0.1, -0.05) is 0 Å². The molecule has 0 unspecified atom stereocenters. The molecule has 0 saturated heterocycles. The van der Waals surface area contributed by atoms with E-state index >= 15 is 0 Å². The largest absolute Gasteiger partial charge is 0.500 e. The molecular weight excluding hydrogens is 114 g/mol. The maximum absolute atomic E-state index is 5.03. The minimum atomic E-state index is 0.882. The molecule has 0 heterocycles. The summed E-state index contributed by atoms with van der Waals surface area (Å²) in [5, 5.41) is 0. The Balaban J connectivity index is 3.58. The van der Waals surface area contributed by atoms with Gasteiger partial charge in [0.05, 0.1) is 13.7 Å². The molecule has 0 saturated carbocycles. The van der Waals surface area contributed by atoms with E-state index in [2.05, 4.69) is 4.90 Å². The first-order valence-corrected chi connectivity index (χ1v) is 3.04. The van der Waals surface area contributed by atoms with Crippen molar-refractivity contribution < 1.29 is 4.74 Å². The molecule has 2 nitrogen and oxygen atoms in total. The Morgan fingerprint density at radius 3 is 2.22 bits per heavy atom. The van der Waals surface area contributed by atoms with Gasteiger partial charge in [-0.15, -0.1) is 0 Å². The van der Waals surface area contributed by atoms with E-state index in [-0.39, 0.29) is 0 Å². The third kappa shape index (κ3) is 4.03. The van der Waals surface area contributed by atoms with Crippen LogP contribution in [0, 0.1) is 0 Å². The first-order valence-electron chi connectivity index (χ1n) is 3.04. The second-order valence-corrected chi connectivity index (χ2v) is 2.20. The van der Waals surface area contributed by atoms with Crippen molar-refractivity contribution in [2.45, 2.75) is 6.92 Å². The molecule has 0 aromatic carbocycles. The number of hydrogen-bond donors (Lipinski definition) is 0. The fourth-order valence-corrected chi connectivity index (χ4v) is 0.585. The van der Waals surface area contributed by atoms with Crippen LogP contribution in [0.2, 0.25) is 0 Å². The zero-order valence-corrected chi connectivity index (χ0v) is 6.64. The molecule has 0 atom stereocenters. The van der Waals surface area contributed by atoms with Crippen LogP contribution in [-0.4, -0.2) is 32.6 Å². The molecular formula is C7H15NO. The Morgan fingerprint density at radius 2 is 2.11 bits per heavy atom. The van der Waals surface area contributed by atoms with Gasteiger partial charge in [-0.05, 0) is 27.1 Å². The van der Waals surface area contributed by atoms with Crippen molar-refractivity contribution in [1.82, 2.24) is 4.90 Å². The van der Waals surface area contributed by atoms with Gasteiger partial charge in [0.15, 0.2) is 0 Å². The monoisotopic (exact) mass is 129 g/mol. The summed E-state index contributed by atoms with van der Waals surface area (Å²) in [6, 6.07) is 0. The van der Waals surface area contributed by atoms with Crippen molar-refractivity contribution in [2.24, 2.45) is 0 Å². The Bertz CT molecular complexity index is 97.1. The highest BCUT2D eigenvalue weighted by atomic mass is 16.5. The lowest BCUT2D eigenvalue weighted by Gasteiger charge is -2.10. The van der Waals surface area contributed by atoms with Crippen LogP contribution >= 0.6 is 0 Å². The van der Waals surface area contributed by atoms with Gasteiger partial charge in [0.2, 0.25) is 0 Å². The average Bonchev–Trinajstić information content (AvgIpc) is 1.82. The van der Waals surface area contributed by atoms with Crippen LogP contribution in [0.1, 0.15) is 6.92 Å². The predicted molar refractivity (Wildman–Crippen MR) is 39.3 cm³/mol. The molecule has 9 heavy (non-hydrogen) atoms. The van der Waals surface area contributed by atoms with Gasteiger partial charge in [0.1, 0.15) is 5.76 Å². The lowest BCUT2D eigenvalue weighted by molar-refractivity contribution is 0.249. The second kappa shape index (κ2) is 4.39. The van der Waals surface area contributed by atoms with Crippen molar-refractivity contribution >= 4 is 0 Å². The van der Waals surface area contributed by atoms with E-state index in [1.807, 2.05) is 27.1 Å². The SMILES string of the molecule is C/C=C(/CN(C)C)OC. The summed E-state index contributed by atoms with van der Waals surface area (Å²) in [6.45, 7) is 2.86. The van der Waals surface area contributed by atoms with Gasteiger partial charge in [0, 0.05) is 0 Å². The molecule has 0 spiro atoms. The van der Waals surface area contributed by atoms with Crippen molar-refractivity contribution in [2.75, 3.05) is 27.7 Å². The molecule has 0 bridgehead atoms. The zero-order valence-electron chi connectivity index (χ0n) is 6.64. The van der Waals surface area contributed by atoms with Gasteiger partial charge in [0.25, 0.3) is 0 Å². The molecule has 0 rings (SSSR count). The smallest absolute Gasteiger partial charge is 0.105 e. The number of ether oxygens (including phenoxy) is 1. The topological polar surface area (TPSA) is 12.5 Å². The van der Waals surface area contributed by atoms with Gasteiger partial charge >= 0.3 is 0 Å². The van der Waals surface area contributed by atoms with Crippen molar-refractivity contribution in [1.29, 1.82) is 0 Å². The molecule has 0 amide bonds. The average molecular weight is 129 g/mol. The van der Waals surface area contributed by atoms with E-state index in [0.29, 0.717) is 0 Å². The van der Waals surface area contributed by atoms with Crippen LogP contribution in [0.15, 0.2) is 11.8 Å². The maximum atomic E-state index is 5.03. The highest BCUT2D eigenvalue weighted by Gasteiger charge is 1.93. The predicted octanol–water partition coefficient (Wildman–Crippen LogP) is 1.10. The molecule has 0 aliphatic carbocycles. The van der Waals surface area contributed by atoms with Crippen LogP contribution in [-0.2, 0) is 4.74 Å². The van der Waals surface area contributed by atoms with Crippen LogP contribution in [0.5, 0.6) is 0 Å². The molecule has 0 aromatic heterocycles. The Hall–Kier alpha value is -0.500. The summed E-state index contributed by atoms with van der Waals surface area (Å²) in [5.41, 5.74) is 0. The summed E-state index contributed by atoms with van der Waals surface area (Å²) in [4.78, 5) is 2.07. The molecule has 0 aliphatic heterocycles. The first kappa shape index (κ1) is 8.50. The van der Waals surface area contributed by atoms with E-state index < -0.39 is 0 Å². The number of nitrogens with zero attached hydrogens (tertiary/aromatic N) is 1. The van der Waals surface area contributed by atoms with E-state index in [1.54, 1.807) is 7.11 Å². The van der Waals surface area contributed by atoms with Gasteiger partial charge in [-0.25, -0.2) is 0 Å². The highest BCUT2D eigenvalue weighted by Crippen LogP contribution is 1.94. The summed E-state index contributed by atoms with van der Waals surface area (Å²) in [6.07, 6.45) is 1.97. The Morgan fingerprint density at radius 1 is 1.56 bits per heavy atom. The van der Waals surface area contributed by atoms with Crippen molar-refractivity contribution in [3.05, 3.63) is 11.8 Å². The first-order chi connectivity index (χ1) is 4.20. The molecule has 2 heteroatoms. The minimum absolute atomic E-state index is 0.882. The molecule has 54 valence electrons. The van der Waals surface area contributed by atoms with Crippen LogP contribution < -0.4 is 0 Å². The third-order valence-electron chi connectivity index (χ3n) is 1.06. The standard InChI is InChI=1S/C7H15NO/c1-5-7(9-4)6-8(2)3/h5H,6H2,1-4H3/b7-5-. The van der Waals surface area contributed by atoms with Gasteiger partial charge < -0.3 is 9.64 Å². The molecule has 0 fully saturated rings. The van der Waals surface area contributed by atoms with Crippen LogP contribution in [0.4, 0.5) is 0 Å². The van der Waals surface area contributed by atoms with Crippen molar-refractivity contribution in [3.8, 4) is 0 Å². The van der Waals surface area contributed by atoms with E-state index in [0.717, 1.165) is 12.3 Å². The van der Waals surface area contributed by atoms with Crippen LogP contribution in [0.3, 0.4) is 0 Å². The molecule has 0 radical (unpaired) electrons. The number of likely N-dealkylation sites (N-methyl/N-ethyl adjacent to an activating group) is 1. The van der Waals surface area contributed by atoms with Crippen LogP contribution in [0.25, 0.3) is 0 Å².